The fourth-order valence-corrected chi connectivity index (χ4v) is 3.81. The van der Waals surface area contributed by atoms with Gasteiger partial charge >= 0.3 is 0 Å². The molecule has 6 heteroatoms. The maximum absolute atomic E-state index is 12.5. The van der Waals surface area contributed by atoms with E-state index in [1.807, 2.05) is 53.4 Å². The van der Waals surface area contributed by atoms with Crippen molar-refractivity contribution in [3.05, 3.63) is 102 Å². The van der Waals surface area contributed by atoms with E-state index in [9.17, 15) is 9.59 Å². The van der Waals surface area contributed by atoms with Gasteiger partial charge in [0.15, 0.2) is 0 Å². The van der Waals surface area contributed by atoms with Crippen LogP contribution < -0.4 is 10.1 Å². The normalized spacial score (nSPS) is 14.0. The Morgan fingerprint density at radius 3 is 2.00 bits per heavy atom. The molecule has 3 aromatic rings. The lowest BCUT2D eigenvalue weighted by atomic mass is 10.2. The van der Waals surface area contributed by atoms with Crippen molar-refractivity contribution in [1.82, 2.24) is 15.1 Å². The minimum Gasteiger partial charge on any atom is -0.489 e. The summed E-state index contributed by atoms with van der Waals surface area (Å²) in [6.07, 6.45) is 0. The lowest BCUT2D eigenvalue weighted by Gasteiger charge is -2.34. The van der Waals surface area contributed by atoms with Gasteiger partial charge in [-0.1, -0.05) is 60.7 Å². The van der Waals surface area contributed by atoms with Gasteiger partial charge < -0.3 is 15.0 Å². The largest absolute Gasteiger partial charge is 0.489 e. The van der Waals surface area contributed by atoms with Crippen molar-refractivity contribution < 1.29 is 14.3 Å². The summed E-state index contributed by atoms with van der Waals surface area (Å²) in [6.45, 7) is 4.38. The van der Waals surface area contributed by atoms with Crippen molar-refractivity contribution >= 4 is 11.8 Å². The molecule has 1 N–H and O–H groups in total. The molecule has 3 aromatic carbocycles. The van der Waals surface area contributed by atoms with E-state index in [4.69, 9.17) is 4.74 Å². The van der Waals surface area contributed by atoms with Crippen molar-refractivity contribution in [2.75, 3.05) is 32.7 Å². The third-order valence-electron chi connectivity index (χ3n) is 5.74. The Bertz CT molecular complexity index is 1030. The molecule has 0 aliphatic carbocycles. The Hall–Kier alpha value is -3.64. The van der Waals surface area contributed by atoms with Gasteiger partial charge in [0.1, 0.15) is 12.4 Å². The van der Waals surface area contributed by atoms with E-state index in [1.165, 1.54) is 5.56 Å². The Labute approximate surface area is 194 Å². The second-order valence-electron chi connectivity index (χ2n) is 8.12. The van der Waals surface area contributed by atoms with Gasteiger partial charge in [0.05, 0.1) is 6.54 Å². The van der Waals surface area contributed by atoms with Crippen LogP contribution in [0, 0.1) is 0 Å². The summed E-state index contributed by atoms with van der Waals surface area (Å²) in [5.41, 5.74) is 2.86. The molecule has 0 aromatic heterocycles. The molecule has 1 aliphatic rings. The number of hydrogen-bond donors (Lipinski definition) is 1. The van der Waals surface area contributed by atoms with Gasteiger partial charge in [0, 0.05) is 38.3 Å². The number of carbonyl (C=O) groups excluding carboxylic acids is 2. The Morgan fingerprint density at radius 2 is 1.36 bits per heavy atom. The van der Waals surface area contributed by atoms with Crippen LogP contribution in [0.25, 0.3) is 0 Å². The van der Waals surface area contributed by atoms with Gasteiger partial charge in [-0.2, -0.15) is 0 Å². The van der Waals surface area contributed by atoms with Crippen LogP contribution in [0.2, 0.25) is 0 Å². The van der Waals surface area contributed by atoms with E-state index < -0.39 is 0 Å². The molecule has 0 atom stereocenters. The van der Waals surface area contributed by atoms with Crippen LogP contribution >= 0.6 is 0 Å². The number of nitrogens with one attached hydrogen (secondary N) is 1. The highest BCUT2D eigenvalue weighted by atomic mass is 16.5. The highest BCUT2D eigenvalue weighted by Gasteiger charge is 2.21. The number of carbonyl (C=O) groups is 2. The SMILES string of the molecule is O=C(NCC(=O)N1CCN(Cc2ccccc2)CC1)c1ccc(OCc2ccccc2)cc1. The first-order valence-corrected chi connectivity index (χ1v) is 11.3. The number of benzene rings is 3. The topological polar surface area (TPSA) is 61.9 Å². The van der Waals surface area contributed by atoms with Crippen LogP contribution in [0.5, 0.6) is 5.75 Å². The maximum atomic E-state index is 12.5. The summed E-state index contributed by atoms with van der Waals surface area (Å²) in [4.78, 5) is 29.2. The molecule has 4 rings (SSSR count). The molecule has 1 heterocycles. The third-order valence-corrected chi connectivity index (χ3v) is 5.74. The summed E-state index contributed by atoms with van der Waals surface area (Å²) in [7, 11) is 0. The molecular formula is C27H29N3O3. The highest BCUT2D eigenvalue weighted by molar-refractivity contribution is 5.96. The van der Waals surface area contributed by atoms with Gasteiger partial charge in [-0.3, -0.25) is 14.5 Å². The molecule has 0 radical (unpaired) electrons. The van der Waals surface area contributed by atoms with E-state index in [2.05, 4.69) is 22.3 Å². The second-order valence-corrected chi connectivity index (χ2v) is 8.12. The van der Waals surface area contributed by atoms with Crippen LogP contribution in [0.1, 0.15) is 21.5 Å². The monoisotopic (exact) mass is 443 g/mol. The number of nitrogens with zero attached hydrogens (tertiary/aromatic N) is 2. The summed E-state index contributed by atoms with van der Waals surface area (Å²) in [5.74, 6) is 0.381. The van der Waals surface area contributed by atoms with Crippen LogP contribution in [-0.2, 0) is 17.9 Å². The summed E-state index contributed by atoms with van der Waals surface area (Å²) in [5, 5.41) is 2.74. The van der Waals surface area contributed by atoms with Crippen molar-refractivity contribution in [3.63, 3.8) is 0 Å². The predicted molar refractivity (Wildman–Crippen MR) is 128 cm³/mol. The molecular weight excluding hydrogens is 414 g/mol. The Morgan fingerprint density at radius 1 is 0.758 bits per heavy atom. The zero-order valence-electron chi connectivity index (χ0n) is 18.7. The van der Waals surface area contributed by atoms with Crippen molar-refractivity contribution in [3.8, 4) is 5.75 Å². The van der Waals surface area contributed by atoms with Crippen LogP contribution in [0.15, 0.2) is 84.9 Å². The second kappa shape index (κ2) is 11.3. The maximum Gasteiger partial charge on any atom is 0.251 e. The average Bonchev–Trinajstić information content (AvgIpc) is 2.88. The number of amides is 2. The smallest absolute Gasteiger partial charge is 0.251 e. The van der Waals surface area contributed by atoms with Crippen molar-refractivity contribution in [1.29, 1.82) is 0 Å². The minimum atomic E-state index is -0.263. The predicted octanol–water partition coefficient (Wildman–Crippen LogP) is 3.34. The average molecular weight is 444 g/mol. The minimum absolute atomic E-state index is 0.00375. The summed E-state index contributed by atoms with van der Waals surface area (Å²) in [6, 6.07) is 27.2. The molecule has 0 unspecified atom stereocenters. The molecule has 170 valence electrons. The lowest BCUT2D eigenvalue weighted by molar-refractivity contribution is -0.131. The van der Waals surface area contributed by atoms with E-state index in [0.29, 0.717) is 31.0 Å². The molecule has 1 fully saturated rings. The molecule has 0 bridgehead atoms. The van der Waals surface area contributed by atoms with Gasteiger partial charge in [0.2, 0.25) is 5.91 Å². The van der Waals surface area contributed by atoms with Gasteiger partial charge in [0.25, 0.3) is 5.91 Å². The van der Waals surface area contributed by atoms with Crippen LogP contribution in [-0.4, -0.2) is 54.3 Å². The molecule has 1 saturated heterocycles. The first-order valence-electron chi connectivity index (χ1n) is 11.3. The van der Waals surface area contributed by atoms with E-state index >= 15 is 0 Å². The zero-order valence-corrected chi connectivity index (χ0v) is 18.7. The number of piperazine rings is 1. The molecule has 0 spiro atoms. The number of hydrogen-bond acceptors (Lipinski definition) is 4. The van der Waals surface area contributed by atoms with Gasteiger partial charge in [-0.15, -0.1) is 0 Å². The zero-order chi connectivity index (χ0) is 22.9. The standard InChI is InChI=1S/C27H29N3O3/c31-26(30-17-15-29(16-18-30)20-22-7-3-1-4-8-22)19-28-27(32)24-11-13-25(14-12-24)33-21-23-9-5-2-6-10-23/h1-14H,15-21H2,(H,28,32). The molecule has 1 aliphatic heterocycles. The first kappa shape index (κ1) is 22.6. The lowest BCUT2D eigenvalue weighted by Crippen LogP contribution is -2.50. The van der Waals surface area contributed by atoms with E-state index in [1.54, 1.807) is 24.3 Å². The fourth-order valence-electron chi connectivity index (χ4n) is 3.81. The number of rotatable bonds is 8. The Kier molecular flexibility index (Phi) is 7.72. The Balaban J connectivity index is 1.18. The molecule has 2 amide bonds. The van der Waals surface area contributed by atoms with E-state index in [0.717, 1.165) is 25.2 Å². The van der Waals surface area contributed by atoms with Crippen LogP contribution in [0.4, 0.5) is 0 Å². The van der Waals surface area contributed by atoms with Crippen molar-refractivity contribution in [2.45, 2.75) is 13.2 Å². The van der Waals surface area contributed by atoms with Gasteiger partial charge in [-0.05, 0) is 35.4 Å². The quantitative estimate of drug-likeness (QED) is 0.580. The van der Waals surface area contributed by atoms with E-state index in [-0.39, 0.29) is 18.4 Å². The van der Waals surface area contributed by atoms with Crippen LogP contribution in [0.3, 0.4) is 0 Å². The highest BCUT2D eigenvalue weighted by Crippen LogP contribution is 2.14. The molecule has 33 heavy (non-hydrogen) atoms. The molecule has 0 saturated carbocycles. The first-order chi connectivity index (χ1) is 16.2. The number of ether oxygens (including phenoxy) is 1. The fraction of sp³-hybridized carbons (Fsp3) is 0.259. The molecule has 6 nitrogen and oxygen atoms in total. The summed E-state index contributed by atoms with van der Waals surface area (Å²) >= 11 is 0. The van der Waals surface area contributed by atoms with Crippen molar-refractivity contribution in [2.24, 2.45) is 0 Å². The van der Waals surface area contributed by atoms with Gasteiger partial charge in [-0.25, -0.2) is 0 Å². The third kappa shape index (κ3) is 6.67. The summed E-state index contributed by atoms with van der Waals surface area (Å²) < 4.78 is 5.75.